The molecule has 7 heteroatoms. The molecule has 1 fully saturated rings. The minimum Gasteiger partial charge on any atom is -0.335 e. The first-order valence-electron chi connectivity index (χ1n) is 8.56. The second-order valence-corrected chi connectivity index (χ2v) is 7.62. The summed E-state index contributed by atoms with van der Waals surface area (Å²) in [5.74, 6) is -0.224. The first-order chi connectivity index (χ1) is 12.5. The van der Waals surface area contributed by atoms with Crippen LogP contribution in [0.25, 0.3) is 0 Å². The van der Waals surface area contributed by atoms with E-state index in [1.807, 2.05) is 13.0 Å². The van der Waals surface area contributed by atoms with E-state index in [0.29, 0.717) is 22.3 Å². The predicted molar refractivity (Wildman–Crippen MR) is 103 cm³/mol. The molecule has 0 spiro atoms. The monoisotopic (exact) mass is 371 g/mol. The molecule has 6 nitrogen and oxygen atoms in total. The molecule has 0 bridgehead atoms. The highest BCUT2D eigenvalue weighted by molar-refractivity contribution is 7.14. The normalized spacial score (nSPS) is 13.1. The van der Waals surface area contributed by atoms with E-state index in [9.17, 15) is 14.4 Å². The number of hydrogen-bond donors (Lipinski definition) is 3. The summed E-state index contributed by atoms with van der Waals surface area (Å²) in [4.78, 5) is 37.5. The van der Waals surface area contributed by atoms with Crippen molar-refractivity contribution < 1.29 is 14.4 Å². The molecule has 136 valence electrons. The summed E-state index contributed by atoms with van der Waals surface area (Å²) < 4.78 is 0. The van der Waals surface area contributed by atoms with E-state index < -0.39 is 0 Å². The van der Waals surface area contributed by atoms with Gasteiger partial charge in [-0.05, 0) is 56.2 Å². The zero-order chi connectivity index (χ0) is 18.5. The number of benzene rings is 1. The van der Waals surface area contributed by atoms with Crippen LogP contribution in [0.1, 0.15) is 40.2 Å². The lowest BCUT2D eigenvalue weighted by Gasteiger charge is -2.08. The van der Waals surface area contributed by atoms with Gasteiger partial charge in [-0.2, -0.15) is 0 Å². The smallest absolute Gasteiger partial charge is 0.319 e. The van der Waals surface area contributed by atoms with Gasteiger partial charge in [-0.1, -0.05) is 0 Å². The Bertz CT molecular complexity index is 810. The maximum Gasteiger partial charge on any atom is 0.319 e. The Morgan fingerprint density at radius 1 is 0.962 bits per heavy atom. The summed E-state index contributed by atoms with van der Waals surface area (Å²) in [6.45, 7) is 1.95. The fourth-order valence-electron chi connectivity index (χ4n) is 2.38. The van der Waals surface area contributed by atoms with Crippen molar-refractivity contribution in [2.24, 2.45) is 0 Å². The summed E-state index contributed by atoms with van der Waals surface area (Å²) in [5, 5.41) is 8.35. The van der Waals surface area contributed by atoms with Gasteiger partial charge in [0.05, 0.1) is 4.88 Å². The first-order valence-corrected chi connectivity index (χ1v) is 9.38. The molecular formula is C19H21N3O3S. The van der Waals surface area contributed by atoms with Crippen molar-refractivity contribution in [3.63, 3.8) is 0 Å². The molecule has 0 saturated heterocycles. The highest BCUT2D eigenvalue weighted by atomic mass is 32.1. The lowest BCUT2D eigenvalue weighted by atomic mass is 10.2. The van der Waals surface area contributed by atoms with Gasteiger partial charge in [0.15, 0.2) is 5.78 Å². The lowest BCUT2D eigenvalue weighted by molar-refractivity contribution is -0.116. The number of aryl methyl sites for hydroxylation is 1. The number of hydrogen-bond acceptors (Lipinski definition) is 4. The third kappa shape index (κ3) is 5.42. The molecule has 1 aliphatic rings. The molecule has 0 radical (unpaired) electrons. The molecule has 1 saturated carbocycles. The molecule has 26 heavy (non-hydrogen) atoms. The van der Waals surface area contributed by atoms with Gasteiger partial charge in [-0.15, -0.1) is 11.3 Å². The molecular weight excluding hydrogens is 350 g/mol. The topological polar surface area (TPSA) is 87.3 Å². The molecule has 3 amide bonds. The van der Waals surface area contributed by atoms with Gasteiger partial charge in [0.2, 0.25) is 5.91 Å². The number of Topliss-reactive ketones (excluding diaryl/α,β-unsaturated/α-hetero) is 1. The van der Waals surface area contributed by atoms with Crippen LogP contribution in [0.4, 0.5) is 16.2 Å². The Morgan fingerprint density at radius 2 is 1.62 bits per heavy atom. The summed E-state index contributed by atoms with van der Waals surface area (Å²) in [5.41, 5.74) is 1.28. The van der Waals surface area contributed by atoms with Crippen molar-refractivity contribution in [3.8, 4) is 0 Å². The summed E-state index contributed by atoms with van der Waals surface area (Å²) in [6, 6.07) is 10.7. The minimum absolute atomic E-state index is 0.0144. The van der Waals surface area contributed by atoms with Gasteiger partial charge in [-0.3, -0.25) is 9.59 Å². The highest BCUT2D eigenvalue weighted by Gasteiger charge is 2.23. The van der Waals surface area contributed by atoms with Crippen molar-refractivity contribution in [3.05, 3.63) is 46.2 Å². The molecule has 1 aromatic heterocycles. The number of anilines is 2. The Hall–Kier alpha value is -2.67. The largest absolute Gasteiger partial charge is 0.335 e. The molecule has 1 heterocycles. The van der Waals surface area contributed by atoms with Crippen LogP contribution in [0.2, 0.25) is 0 Å². The van der Waals surface area contributed by atoms with E-state index in [2.05, 4.69) is 16.0 Å². The van der Waals surface area contributed by atoms with Gasteiger partial charge in [0.25, 0.3) is 0 Å². The fraction of sp³-hybridized carbons (Fsp3) is 0.316. The predicted octanol–water partition coefficient (Wildman–Crippen LogP) is 3.94. The zero-order valence-corrected chi connectivity index (χ0v) is 15.3. The number of urea groups is 1. The van der Waals surface area contributed by atoms with Crippen LogP contribution >= 0.6 is 11.3 Å². The lowest BCUT2D eigenvalue weighted by Crippen LogP contribution is -2.30. The molecule has 1 aromatic carbocycles. The van der Waals surface area contributed by atoms with Crippen LogP contribution in [0.5, 0.6) is 0 Å². The average molecular weight is 371 g/mol. The molecule has 0 unspecified atom stereocenters. The van der Waals surface area contributed by atoms with E-state index in [0.717, 1.165) is 17.7 Å². The molecule has 0 aliphatic heterocycles. The van der Waals surface area contributed by atoms with Crippen molar-refractivity contribution in [2.45, 2.75) is 38.6 Å². The van der Waals surface area contributed by atoms with Gasteiger partial charge in [-0.25, -0.2) is 4.79 Å². The number of thiophene rings is 1. The van der Waals surface area contributed by atoms with Crippen LogP contribution in [0, 0.1) is 6.92 Å². The number of nitrogens with one attached hydrogen (secondary N) is 3. The average Bonchev–Trinajstić information content (AvgIpc) is 3.31. The maximum atomic E-state index is 12.0. The van der Waals surface area contributed by atoms with E-state index >= 15 is 0 Å². The van der Waals surface area contributed by atoms with Crippen molar-refractivity contribution in [1.29, 1.82) is 0 Å². The van der Waals surface area contributed by atoms with Crippen molar-refractivity contribution >= 4 is 40.4 Å². The Balaban J connectivity index is 1.43. The number of ketones is 1. The van der Waals surface area contributed by atoms with Crippen LogP contribution in [-0.4, -0.2) is 23.8 Å². The van der Waals surface area contributed by atoms with Gasteiger partial charge in [0.1, 0.15) is 0 Å². The maximum absolute atomic E-state index is 12.0. The Labute approximate surface area is 156 Å². The summed E-state index contributed by atoms with van der Waals surface area (Å²) in [7, 11) is 0. The second-order valence-electron chi connectivity index (χ2n) is 6.33. The molecule has 3 N–H and O–H groups in total. The van der Waals surface area contributed by atoms with Crippen molar-refractivity contribution in [1.82, 2.24) is 5.32 Å². The quantitative estimate of drug-likeness (QED) is 0.644. The number of rotatable bonds is 7. The van der Waals surface area contributed by atoms with E-state index in [-0.39, 0.29) is 30.6 Å². The third-order valence-electron chi connectivity index (χ3n) is 3.93. The second kappa shape index (κ2) is 8.14. The van der Waals surface area contributed by atoms with Gasteiger partial charge in [0, 0.05) is 35.1 Å². The molecule has 0 atom stereocenters. The van der Waals surface area contributed by atoms with Crippen LogP contribution in [0.15, 0.2) is 36.4 Å². The van der Waals surface area contributed by atoms with E-state index in [1.54, 1.807) is 30.3 Å². The van der Waals surface area contributed by atoms with Crippen LogP contribution in [0.3, 0.4) is 0 Å². The number of carbonyl (C=O) groups is 3. The fourth-order valence-corrected chi connectivity index (χ4v) is 3.21. The van der Waals surface area contributed by atoms with Crippen LogP contribution < -0.4 is 16.0 Å². The molecule has 2 aromatic rings. The van der Waals surface area contributed by atoms with Crippen molar-refractivity contribution in [2.75, 3.05) is 10.6 Å². The van der Waals surface area contributed by atoms with E-state index in [1.165, 1.54) is 11.3 Å². The zero-order valence-electron chi connectivity index (χ0n) is 14.5. The highest BCUT2D eigenvalue weighted by Crippen LogP contribution is 2.20. The Morgan fingerprint density at radius 3 is 2.19 bits per heavy atom. The molecule has 3 rings (SSSR count). The Kier molecular flexibility index (Phi) is 5.68. The summed E-state index contributed by atoms with van der Waals surface area (Å²) >= 11 is 1.44. The number of amides is 3. The molecule has 1 aliphatic carbocycles. The third-order valence-corrected chi connectivity index (χ3v) is 4.98. The SMILES string of the molecule is Cc1ccc(C(=O)CCC(=O)Nc2ccc(NC(=O)NC3CC3)cc2)s1. The summed E-state index contributed by atoms with van der Waals surface area (Å²) in [6.07, 6.45) is 2.40. The standard InChI is InChI=1S/C19H21N3O3S/c1-12-2-10-17(26-12)16(23)9-11-18(24)20-13-3-5-14(6-4-13)21-19(25)22-15-7-8-15/h2-6,10,15H,7-9,11H2,1H3,(H,20,24)(H2,21,22,25). The van der Waals surface area contributed by atoms with Gasteiger partial charge < -0.3 is 16.0 Å². The van der Waals surface area contributed by atoms with Crippen LogP contribution in [-0.2, 0) is 4.79 Å². The minimum atomic E-state index is -0.216. The van der Waals surface area contributed by atoms with E-state index in [4.69, 9.17) is 0 Å². The van der Waals surface area contributed by atoms with Gasteiger partial charge >= 0.3 is 6.03 Å². The first kappa shape index (κ1) is 18.1. The number of carbonyl (C=O) groups excluding carboxylic acids is 3.